The number of carbonyl (C=O) groups is 1. The smallest absolute Gasteiger partial charge is 0.228 e. The predicted octanol–water partition coefficient (Wildman–Crippen LogP) is 2.05. The Hall–Kier alpha value is -1.40. The van der Waals surface area contributed by atoms with E-state index in [9.17, 15) is 4.79 Å². The lowest BCUT2D eigenvalue weighted by Crippen LogP contribution is -2.54. The Bertz CT molecular complexity index is 615. The van der Waals surface area contributed by atoms with E-state index in [2.05, 4.69) is 19.4 Å². The Kier molecular flexibility index (Phi) is 5.32. The van der Waals surface area contributed by atoms with E-state index in [1.807, 2.05) is 19.6 Å². The minimum atomic E-state index is -0.0909. The molecule has 1 spiro atoms. The molecule has 0 bridgehead atoms. The van der Waals surface area contributed by atoms with Gasteiger partial charge in [-0.3, -0.25) is 9.69 Å². The molecule has 3 aliphatic heterocycles. The van der Waals surface area contributed by atoms with E-state index in [1.165, 1.54) is 5.69 Å². The number of aromatic nitrogens is 2. The summed E-state index contributed by atoms with van der Waals surface area (Å²) in [6.07, 6.45) is 10.3. The highest BCUT2D eigenvalue weighted by atomic mass is 16.5. The van der Waals surface area contributed by atoms with Crippen LogP contribution >= 0.6 is 0 Å². The molecule has 1 aromatic heterocycles. The molecule has 3 saturated heterocycles. The monoisotopic (exact) mass is 360 g/mol. The van der Waals surface area contributed by atoms with Crippen molar-refractivity contribution < 1.29 is 9.53 Å². The van der Waals surface area contributed by atoms with E-state index in [-0.39, 0.29) is 5.41 Å². The Labute approximate surface area is 156 Å². The molecule has 0 atom stereocenters. The number of rotatable bonds is 4. The van der Waals surface area contributed by atoms with Gasteiger partial charge in [-0.2, -0.15) is 0 Å². The number of imidazole rings is 1. The van der Waals surface area contributed by atoms with Crippen molar-refractivity contribution in [1.29, 1.82) is 0 Å². The first kappa shape index (κ1) is 18.0. The second kappa shape index (κ2) is 7.69. The van der Waals surface area contributed by atoms with Gasteiger partial charge in [-0.1, -0.05) is 0 Å². The molecular weight excluding hydrogens is 328 g/mol. The van der Waals surface area contributed by atoms with Crippen molar-refractivity contribution in [3.05, 3.63) is 18.2 Å². The Morgan fingerprint density at radius 3 is 2.65 bits per heavy atom. The number of amides is 1. The third kappa shape index (κ3) is 3.67. The molecule has 0 N–H and O–H groups in total. The lowest BCUT2D eigenvalue weighted by molar-refractivity contribution is -0.151. The number of hydrogen-bond donors (Lipinski definition) is 0. The van der Waals surface area contributed by atoms with Gasteiger partial charge in [-0.05, 0) is 57.5 Å². The number of hydrogen-bond acceptors (Lipinski definition) is 4. The highest BCUT2D eigenvalue weighted by Gasteiger charge is 2.45. The standard InChI is InChI=1S/C20H32N4O2/c1-22-16-21-13-18(22)15-23-9-6-20(7-10-23)5-2-8-24(19(20)25)14-17-3-11-26-12-4-17/h13,16-17H,2-12,14-15H2,1H3. The van der Waals surface area contributed by atoms with E-state index < -0.39 is 0 Å². The van der Waals surface area contributed by atoms with Crippen molar-refractivity contribution in [2.45, 2.75) is 45.1 Å². The third-order valence-corrected chi connectivity index (χ3v) is 6.76. The second-order valence-corrected chi connectivity index (χ2v) is 8.46. The Balaban J connectivity index is 1.34. The zero-order valence-corrected chi connectivity index (χ0v) is 16.0. The number of likely N-dealkylation sites (tertiary alicyclic amines) is 2. The van der Waals surface area contributed by atoms with Crippen molar-refractivity contribution in [3.8, 4) is 0 Å². The molecular formula is C20H32N4O2. The van der Waals surface area contributed by atoms with Gasteiger partial charge in [0, 0.05) is 46.1 Å². The van der Waals surface area contributed by atoms with E-state index >= 15 is 0 Å². The summed E-state index contributed by atoms with van der Waals surface area (Å²) in [7, 11) is 2.05. The summed E-state index contributed by atoms with van der Waals surface area (Å²) in [5.74, 6) is 1.07. The molecule has 1 aromatic rings. The van der Waals surface area contributed by atoms with Crippen molar-refractivity contribution in [1.82, 2.24) is 19.4 Å². The van der Waals surface area contributed by atoms with Gasteiger partial charge < -0.3 is 14.2 Å². The molecule has 26 heavy (non-hydrogen) atoms. The topological polar surface area (TPSA) is 50.6 Å². The Morgan fingerprint density at radius 1 is 1.19 bits per heavy atom. The zero-order chi connectivity index (χ0) is 18.0. The van der Waals surface area contributed by atoms with Crippen LogP contribution in [0.25, 0.3) is 0 Å². The zero-order valence-electron chi connectivity index (χ0n) is 16.0. The molecule has 0 aromatic carbocycles. The van der Waals surface area contributed by atoms with Gasteiger partial charge in [0.1, 0.15) is 0 Å². The predicted molar refractivity (Wildman–Crippen MR) is 99.5 cm³/mol. The fourth-order valence-electron chi connectivity index (χ4n) is 4.94. The quantitative estimate of drug-likeness (QED) is 0.825. The van der Waals surface area contributed by atoms with Crippen LogP contribution in [0.15, 0.2) is 12.5 Å². The normalized spacial score (nSPS) is 25.1. The number of piperidine rings is 2. The summed E-state index contributed by atoms with van der Waals surface area (Å²) < 4.78 is 7.56. The first-order valence-corrected chi connectivity index (χ1v) is 10.2. The van der Waals surface area contributed by atoms with Crippen molar-refractivity contribution in [2.75, 3.05) is 39.4 Å². The van der Waals surface area contributed by atoms with Crippen LogP contribution < -0.4 is 0 Å². The fraction of sp³-hybridized carbons (Fsp3) is 0.800. The van der Waals surface area contributed by atoms with Gasteiger partial charge in [0.05, 0.1) is 17.4 Å². The molecule has 0 saturated carbocycles. The molecule has 3 aliphatic rings. The summed E-state index contributed by atoms with van der Waals surface area (Å²) >= 11 is 0. The largest absolute Gasteiger partial charge is 0.381 e. The summed E-state index contributed by atoms with van der Waals surface area (Å²) in [4.78, 5) is 22.2. The summed E-state index contributed by atoms with van der Waals surface area (Å²) in [5.41, 5.74) is 1.16. The maximum absolute atomic E-state index is 13.3. The van der Waals surface area contributed by atoms with E-state index in [4.69, 9.17) is 4.74 Å². The SMILES string of the molecule is Cn1cncc1CN1CCC2(CCCN(CC3CCOCC3)C2=O)CC1. The van der Waals surface area contributed by atoms with Crippen LogP contribution in [0, 0.1) is 11.3 Å². The number of carbonyl (C=O) groups excluding carboxylic acids is 1. The van der Waals surface area contributed by atoms with Gasteiger partial charge in [-0.25, -0.2) is 4.98 Å². The van der Waals surface area contributed by atoms with Gasteiger partial charge in [0.25, 0.3) is 0 Å². The van der Waals surface area contributed by atoms with Gasteiger partial charge in [0.2, 0.25) is 5.91 Å². The first-order valence-electron chi connectivity index (χ1n) is 10.2. The molecule has 4 heterocycles. The number of aryl methyl sites for hydroxylation is 1. The first-order chi connectivity index (χ1) is 12.7. The van der Waals surface area contributed by atoms with Crippen molar-refractivity contribution in [3.63, 3.8) is 0 Å². The molecule has 144 valence electrons. The highest BCUT2D eigenvalue weighted by molar-refractivity contribution is 5.83. The van der Waals surface area contributed by atoms with E-state index in [0.717, 1.165) is 84.5 Å². The lowest BCUT2D eigenvalue weighted by atomic mass is 9.71. The van der Waals surface area contributed by atoms with Crippen LogP contribution in [0.3, 0.4) is 0 Å². The van der Waals surface area contributed by atoms with Crippen LogP contribution in [0.5, 0.6) is 0 Å². The van der Waals surface area contributed by atoms with Gasteiger partial charge >= 0.3 is 0 Å². The second-order valence-electron chi connectivity index (χ2n) is 8.46. The molecule has 0 radical (unpaired) electrons. The fourth-order valence-corrected chi connectivity index (χ4v) is 4.94. The Morgan fingerprint density at radius 2 is 1.96 bits per heavy atom. The minimum Gasteiger partial charge on any atom is -0.381 e. The van der Waals surface area contributed by atoms with Gasteiger partial charge in [0.15, 0.2) is 0 Å². The summed E-state index contributed by atoms with van der Waals surface area (Å²) in [6, 6.07) is 0. The van der Waals surface area contributed by atoms with Crippen LogP contribution in [-0.2, 0) is 23.1 Å². The van der Waals surface area contributed by atoms with Crippen LogP contribution in [0.1, 0.15) is 44.2 Å². The maximum atomic E-state index is 13.3. The molecule has 0 unspecified atom stereocenters. The average molecular weight is 361 g/mol. The summed E-state index contributed by atoms with van der Waals surface area (Å²) in [5, 5.41) is 0. The van der Waals surface area contributed by atoms with Crippen molar-refractivity contribution >= 4 is 5.91 Å². The van der Waals surface area contributed by atoms with Crippen LogP contribution in [-0.4, -0.2) is 64.7 Å². The molecule has 6 heteroatoms. The highest BCUT2D eigenvalue weighted by Crippen LogP contribution is 2.41. The van der Waals surface area contributed by atoms with Crippen LogP contribution in [0.4, 0.5) is 0 Å². The molecule has 1 amide bonds. The number of nitrogens with zero attached hydrogens (tertiary/aromatic N) is 4. The average Bonchev–Trinajstić information content (AvgIpc) is 3.07. The third-order valence-electron chi connectivity index (χ3n) is 6.76. The molecule has 4 rings (SSSR count). The number of ether oxygens (including phenoxy) is 1. The van der Waals surface area contributed by atoms with E-state index in [0.29, 0.717) is 11.8 Å². The van der Waals surface area contributed by atoms with Gasteiger partial charge in [-0.15, -0.1) is 0 Å². The van der Waals surface area contributed by atoms with E-state index in [1.54, 1.807) is 0 Å². The lowest BCUT2D eigenvalue weighted by Gasteiger charge is -2.47. The molecule has 6 nitrogen and oxygen atoms in total. The van der Waals surface area contributed by atoms with Crippen LogP contribution in [0.2, 0.25) is 0 Å². The summed E-state index contributed by atoms with van der Waals surface area (Å²) in [6.45, 7) is 6.59. The minimum absolute atomic E-state index is 0.0909. The van der Waals surface area contributed by atoms with Crippen molar-refractivity contribution in [2.24, 2.45) is 18.4 Å². The molecule has 0 aliphatic carbocycles. The molecule has 3 fully saturated rings. The maximum Gasteiger partial charge on any atom is 0.228 e.